The molecule has 0 saturated heterocycles. The van der Waals surface area contributed by atoms with Crippen LogP contribution in [-0.2, 0) is 53.6 Å². The van der Waals surface area contributed by atoms with Gasteiger partial charge in [-0.3, -0.25) is 4.70 Å². The molecule has 1 aromatic rings. The number of esters is 5. The molecule has 0 radical (unpaired) electrons. The zero-order valence-electron chi connectivity index (χ0n) is 24.9. The summed E-state index contributed by atoms with van der Waals surface area (Å²) in [5.41, 5.74) is -1.27. The predicted molar refractivity (Wildman–Crippen MR) is 178 cm³/mol. The van der Waals surface area contributed by atoms with E-state index in [1.165, 1.54) is 34.6 Å². The van der Waals surface area contributed by atoms with E-state index in [1.54, 1.807) is 0 Å². The van der Waals surface area contributed by atoms with Crippen molar-refractivity contribution in [3.63, 3.8) is 0 Å². The van der Waals surface area contributed by atoms with Crippen LogP contribution in [0.25, 0.3) is 0 Å². The summed E-state index contributed by atoms with van der Waals surface area (Å²) in [4.78, 5) is 66.2. The van der Waals surface area contributed by atoms with Gasteiger partial charge in [0.25, 0.3) is 0 Å². The zero-order chi connectivity index (χ0) is 33.7. The summed E-state index contributed by atoms with van der Waals surface area (Å²) in [7, 11) is -1.17. The Hall–Kier alpha value is -3.42. The lowest BCUT2D eigenvalue weighted by atomic mass is 10.3. The summed E-state index contributed by atoms with van der Waals surface area (Å²) in [5.74, 6) is -13.1. The molecule has 0 aliphatic heterocycles. The van der Waals surface area contributed by atoms with Crippen molar-refractivity contribution in [3.05, 3.63) is 60.8 Å². The van der Waals surface area contributed by atoms with Crippen LogP contribution < -0.4 is 0 Å². The maximum absolute atomic E-state index is 13.3. The lowest BCUT2D eigenvalue weighted by Crippen LogP contribution is -2.65. The molecule has 0 aliphatic carbocycles. The van der Waals surface area contributed by atoms with E-state index in [4.69, 9.17) is 23.7 Å². The predicted octanol–water partition coefficient (Wildman–Crippen LogP) is 5.44. The SMILES string of the molecule is C=C(C)C(=O)OC(OC(=O)C(=C)C)(OC(=O)C(=C)C)C(OC(=O)C(=C)C)(OC(=O)C(=C)C)n1[pH][nH][pH]np[nH][pH][nH][pH][nH][pH]1.F. The van der Waals surface area contributed by atoms with Crippen LogP contribution in [0.2, 0.25) is 0 Å². The van der Waals surface area contributed by atoms with Gasteiger partial charge in [0, 0.05) is 70.4 Å². The number of hydrogen-bond donors (Lipinski definition) is 4. The minimum absolute atomic E-state index is 0. The molecular formula is C22H35FN6O10P6. The van der Waals surface area contributed by atoms with Gasteiger partial charge in [-0.1, -0.05) is 32.9 Å². The largest absolute Gasteiger partial charge is 0.532 e. The molecule has 0 fully saturated rings. The number of nitrogens with one attached hydrogen (secondary N) is 4. The number of hydrogen-bond acceptors (Lipinski definition) is 11. The van der Waals surface area contributed by atoms with Crippen LogP contribution in [0.5, 0.6) is 0 Å². The van der Waals surface area contributed by atoms with E-state index >= 15 is 0 Å². The molecule has 16 nitrogen and oxygen atoms in total. The molecule has 4 N–H and O–H groups in total. The van der Waals surface area contributed by atoms with Gasteiger partial charge in [0.05, 0.1) is 0 Å². The van der Waals surface area contributed by atoms with E-state index in [-0.39, 0.29) is 58.1 Å². The average molecular weight is 748 g/mol. The molecule has 5 atom stereocenters. The molecule has 1 aromatic heterocycles. The van der Waals surface area contributed by atoms with E-state index in [2.05, 4.69) is 55.4 Å². The Balaban J connectivity index is 0.0000194. The molecule has 0 aliphatic rings. The smallest absolute Gasteiger partial charge is 0.390 e. The minimum Gasteiger partial charge on any atom is -0.390 e. The third-order valence-corrected chi connectivity index (χ3v) is 10.5. The highest BCUT2D eigenvalue weighted by Crippen LogP contribution is 2.44. The Morgan fingerprint density at radius 2 is 1.00 bits per heavy atom. The zero-order valence-corrected chi connectivity index (χ0v) is 30.8. The molecule has 23 heteroatoms. The minimum atomic E-state index is -3.51. The fourth-order valence-corrected chi connectivity index (χ4v) is 9.00. The van der Waals surface area contributed by atoms with Crippen LogP contribution in [0.1, 0.15) is 34.6 Å². The highest BCUT2D eigenvalue weighted by atomic mass is 31.1. The normalized spacial score (nSPS) is 11.2. The van der Waals surface area contributed by atoms with Crippen molar-refractivity contribution in [2.75, 3.05) is 0 Å². The second kappa shape index (κ2) is 19.2. The molecule has 250 valence electrons. The van der Waals surface area contributed by atoms with E-state index in [0.29, 0.717) is 8.51 Å². The van der Waals surface area contributed by atoms with Crippen molar-refractivity contribution in [1.82, 2.24) is 26.6 Å². The van der Waals surface area contributed by atoms with Gasteiger partial charge in [-0.2, -0.15) is 4.51 Å². The molecule has 5 unspecified atom stereocenters. The standard InChI is InChI=1S/C22H34N6O10P6.FH/c1-11(2)16(29)34-21(35-17(30)12(3)4,28-43-26-41-24-39-23-40-25-42-27-44-28)22(36-18(31)13(5)6,37-19(32)14(7)8)38-20(33)15(9)10;/h24,26-27,39,41-44H,1,3,5,7,9H2,2,4,6,8,10H3,(H,23,25);1H. The first-order chi connectivity index (χ1) is 20.5. The van der Waals surface area contributed by atoms with Crippen LogP contribution in [0.15, 0.2) is 60.8 Å². The maximum atomic E-state index is 13.3. The van der Waals surface area contributed by atoms with E-state index in [1.807, 2.05) is 0 Å². The number of aromatic nitrogens is 6. The Morgan fingerprint density at radius 1 is 0.622 bits per heavy atom. The fraction of sp³-hybridized carbons (Fsp3) is 0.318. The molecular weight excluding hydrogens is 713 g/mol. The van der Waals surface area contributed by atoms with Gasteiger partial charge in [-0.05, 0) is 34.6 Å². The summed E-state index contributed by atoms with van der Waals surface area (Å²) in [6.45, 7) is 23.9. The number of rotatable bonds is 12. The summed E-state index contributed by atoms with van der Waals surface area (Å²) >= 11 is 0. The third-order valence-electron chi connectivity index (χ3n) is 4.35. The summed E-state index contributed by atoms with van der Waals surface area (Å²) < 4.78 is 45.6. The molecule has 0 spiro atoms. The Bertz CT molecular complexity index is 1400. The van der Waals surface area contributed by atoms with Crippen LogP contribution in [0.4, 0.5) is 4.70 Å². The molecule has 45 heavy (non-hydrogen) atoms. The number of ether oxygens (including phenoxy) is 5. The van der Waals surface area contributed by atoms with E-state index in [0.717, 1.165) is 4.09 Å². The maximum Gasteiger partial charge on any atom is 0.532 e. The van der Waals surface area contributed by atoms with Crippen molar-refractivity contribution in [1.29, 1.82) is 0 Å². The summed E-state index contributed by atoms with van der Waals surface area (Å²) in [6.07, 6.45) is 0. The van der Waals surface area contributed by atoms with Gasteiger partial charge in [0.1, 0.15) is 8.51 Å². The molecule has 0 bridgehead atoms. The van der Waals surface area contributed by atoms with E-state index < -0.39 is 58.8 Å². The Labute approximate surface area is 266 Å². The topological polar surface area (TPSA) is 212 Å². The third kappa shape index (κ3) is 12.1. The van der Waals surface area contributed by atoms with Crippen LogP contribution in [-0.4, -0.2) is 62.5 Å². The average Bonchev–Trinajstić information content (AvgIpc) is 2.92. The number of H-pyrrole nitrogens is 4. The first kappa shape index (κ1) is 41.6. The number of nitrogens with zero attached hydrogens (tertiary/aromatic N) is 2. The van der Waals surface area contributed by atoms with Crippen LogP contribution >= 0.6 is 51.1 Å². The first-order valence-electron chi connectivity index (χ1n) is 11.9. The number of halogens is 1. The fourth-order valence-electron chi connectivity index (χ4n) is 2.21. The van der Waals surface area contributed by atoms with Crippen molar-refractivity contribution >= 4 is 80.9 Å². The van der Waals surface area contributed by atoms with Gasteiger partial charge in [-0.15, -0.1) is 0 Å². The lowest BCUT2D eigenvalue weighted by molar-refractivity contribution is -0.464. The molecule has 1 heterocycles. The molecule has 0 saturated carbocycles. The molecule has 0 aromatic carbocycles. The van der Waals surface area contributed by atoms with Crippen molar-refractivity contribution < 1.29 is 52.4 Å². The first-order valence-corrected chi connectivity index (χ1v) is 17.6. The van der Waals surface area contributed by atoms with Crippen LogP contribution in [0.3, 0.4) is 0 Å². The van der Waals surface area contributed by atoms with Gasteiger partial charge < -0.3 is 41.7 Å². The molecule has 0 amide bonds. The van der Waals surface area contributed by atoms with E-state index in [9.17, 15) is 24.0 Å². The number of carbonyl (C=O) groups excluding carboxylic acids is 5. The van der Waals surface area contributed by atoms with Gasteiger partial charge >= 0.3 is 41.7 Å². The summed E-state index contributed by atoms with van der Waals surface area (Å²) in [6, 6.07) is 0. The second-order valence-electron chi connectivity index (χ2n) is 8.59. The Kier molecular flexibility index (Phi) is 17.7. The second-order valence-corrected chi connectivity index (χ2v) is 16.0. The number of carbonyl (C=O) groups is 5. The van der Waals surface area contributed by atoms with Crippen LogP contribution in [0, 0.1) is 0 Å². The van der Waals surface area contributed by atoms with Crippen molar-refractivity contribution in [2.45, 2.75) is 46.5 Å². The molecule has 1 rings (SSSR count). The summed E-state index contributed by atoms with van der Waals surface area (Å²) in [5, 5.41) is 0. The van der Waals surface area contributed by atoms with Crippen molar-refractivity contribution in [3.8, 4) is 0 Å². The monoisotopic (exact) mass is 748 g/mol. The highest BCUT2D eigenvalue weighted by molar-refractivity contribution is 7.44. The lowest BCUT2D eigenvalue weighted by Gasteiger charge is -2.43. The quantitative estimate of drug-likeness (QED) is 0.120. The van der Waals surface area contributed by atoms with Gasteiger partial charge in [0.2, 0.25) is 0 Å². The van der Waals surface area contributed by atoms with Crippen molar-refractivity contribution in [2.24, 2.45) is 0 Å². The highest BCUT2D eigenvalue weighted by Gasteiger charge is 2.72. The van der Waals surface area contributed by atoms with Gasteiger partial charge in [0.15, 0.2) is 0 Å². The number of aromatic amines is 4. The Morgan fingerprint density at radius 3 is 1.40 bits per heavy atom. The van der Waals surface area contributed by atoms with Gasteiger partial charge in [-0.25, -0.2) is 28.1 Å².